The van der Waals surface area contributed by atoms with E-state index in [2.05, 4.69) is 0 Å². The van der Waals surface area contributed by atoms with E-state index in [0.29, 0.717) is 13.1 Å². The fourth-order valence-electron chi connectivity index (χ4n) is 2.44. The summed E-state index contributed by atoms with van der Waals surface area (Å²) in [5.74, 6) is 0.00986. The first-order valence-electron chi connectivity index (χ1n) is 7.67. The average Bonchev–Trinajstić information content (AvgIpc) is 3.28. The first kappa shape index (κ1) is 17.3. The maximum atomic E-state index is 12.8. The number of benzene rings is 1. The first-order valence-corrected chi connectivity index (χ1v) is 9.43. The van der Waals surface area contributed by atoms with Crippen molar-refractivity contribution in [3.63, 3.8) is 0 Å². The average molecular weight is 372 g/mol. The van der Waals surface area contributed by atoms with Gasteiger partial charge in [-0.25, -0.2) is 0 Å². The summed E-state index contributed by atoms with van der Waals surface area (Å²) in [6, 6.07) is 14.1. The Morgan fingerprint density at radius 1 is 0.960 bits per heavy atom. The van der Waals surface area contributed by atoms with Crippen molar-refractivity contribution >= 4 is 34.3 Å². The SMILES string of the molecule is O=C(Cc1ccc([N+](=O)[O-])cc1)N(Cc1cccs1)Cc1cccs1. The van der Waals surface area contributed by atoms with E-state index in [9.17, 15) is 14.9 Å². The molecule has 2 aromatic heterocycles. The molecule has 25 heavy (non-hydrogen) atoms. The number of nitro benzene ring substituents is 1. The number of carbonyl (C=O) groups is 1. The molecule has 0 aliphatic heterocycles. The predicted molar refractivity (Wildman–Crippen MR) is 99.7 cm³/mol. The second-order valence-electron chi connectivity index (χ2n) is 5.51. The summed E-state index contributed by atoms with van der Waals surface area (Å²) in [4.78, 5) is 27.2. The summed E-state index contributed by atoms with van der Waals surface area (Å²) >= 11 is 3.25. The maximum Gasteiger partial charge on any atom is 0.269 e. The van der Waals surface area contributed by atoms with Crippen molar-refractivity contribution < 1.29 is 9.72 Å². The molecular weight excluding hydrogens is 356 g/mol. The maximum absolute atomic E-state index is 12.8. The molecule has 3 aromatic rings. The molecule has 0 saturated carbocycles. The number of rotatable bonds is 7. The van der Waals surface area contributed by atoms with Gasteiger partial charge in [0.15, 0.2) is 0 Å². The molecule has 7 heteroatoms. The van der Waals surface area contributed by atoms with Gasteiger partial charge in [-0.05, 0) is 28.5 Å². The van der Waals surface area contributed by atoms with Crippen LogP contribution in [0.3, 0.4) is 0 Å². The molecule has 0 atom stereocenters. The number of nitrogens with zero attached hydrogens (tertiary/aromatic N) is 2. The van der Waals surface area contributed by atoms with Gasteiger partial charge < -0.3 is 4.90 Å². The van der Waals surface area contributed by atoms with E-state index >= 15 is 0 Å². The number of thiophene rings is 2. The Morgan fingerprint density at radius 2 is 1.52 bits per heavy atom. The van der Waals surface area contributed by atoms with Crippen LogP contribution >= 0.6 is 22.7 Å². The third kappa shape index (κ3) is 4.74. The Labute approximate surface area is 153 Å². The Bertz CT molecular complexity index is 792. The highest BCUT2D eigenvalue weighted by molar-refractivity contribution is 7.10. The van der Waals surface area contributed by atoms with E-state index in [0.717, 1.165) is 15.3 Å². The van der Waals surface area contributed by atoms with Crippen LogP contribution in [0.5, 0.6) is 0 Å². The fourth-order valence-corrected chi connectivity index (χ4v) is 3.87. The standard InChI is InChI=1S/C18H16N2O3S2/c21-18(11-14-5-7-15(8-6-14)20(22)23)19(12-16-3-1-9-24-16)13-17-4-2-10-25-17/h1-10H,11-13H2. The van der Waals surface area contributed by atoms with Crippen molar-refractivity contribution in [3.8, 4) is 0 Å². The molecule has 0 fully saturated rings. The third-order valence-electron chi connectivity index (χ3n) is 3.71. The minimum Gasteiger partial charge on any atom is -0.332 e. The second kappa shape index (κ2) is 8.04. The second-order valence-corrected chi connectivity index (χ2v) is 7.57. The largest absolute Gasteiger partial charge is 0.332 e. The summed E-state index contributed by atoms with van der Waals surface area (Å²) < 4.78 is 0. The smallest absolute Gasteiger partial charge is 0.269 e. The van der Waals surface area contributed by atoms with Crippen LogP contribution in [0.4, 0.5) is 5.69 Å². The monoisotopic (exact) mass is 372 g/mol. The van der Waals surface area contributed by atoms with Crippen molar-refractivity contribution in [1.82, 2.24) is 4.90 Å². The van der Waals surface area contributed by atoms with Gasteiger partial charge in [-0.15, -0.1) is 22.7 Å². The van der Waals surface area contributed by atoms with E-state index in [1.165, 1.54) is 12.1 Å². The molecule has 2 heterocycles. The number of carbonyl (C=O) groups excluding carboxylic acids is 1. The number of hydrogen-bond donors (Lipinski definition) is 0. The van der Waals surface area contributed by atoms with Gasteiger partial charge in [-0.2, -0.15) is 0 Å². The van der Waals surface area contributed by atoms with Crippen molar-refractivity contribution in [1.29, 1.82) is 0 Å². The van der Waals surface area contributed by atoms with E-state index in [-0.39, 0.29) is 18.0 Å². The summed E-state index contributed by atoms with van der Waals surface area (Å²) in [6.45, 7) is 1.14. The molecule has 1 aromatic carbocycles. The van der Waals surface area contributed by atoms with Crippen LogP contribution in [0.25, 0.3) is 0 Å². The first-order chi connectivity index (χ1) is 12.1. The Kier molecular flexibility index (Phi) is 5.57. The van der Waals surface area contributed by atoms with Crippen LogP contribution in [0, 0.1) is 10.1 Å². The molecule has 128 valence electrons. The molecular formula is C18H16N2O3S2. The van der Waals surface area contributed by atoms with Gasteiger partial charge in [-0.3, -0.25) is 14.9 Å². The number of hydrogen-bond acceptors (Lipinski definition) is 5. The van der Waals surface area contributed by atoms with Crippen LogP contribution in [0.2, 0.25) is 0 Å². The van der Waals surface area contributed by atoms with Crippen molar-refractivity contribution in [2.45, 2.75) is 19.5 Å². The normalized spacial score (nSPS) is 10.6. The lowest BCUT2D eigenvalue weighted by molar-refractivity contribution is -0.384. The van der Waals surface area contributed by atoms with E-state index in [1.54, 1.807) is 34.8 Å². The van der Waals surface area contributed by atoms with E-state index in [1.807, 2.05) is 39.9 Å². The lowest BCUT2D eigenvalue weighted by Gasteiger charge is -2.21. The molecule has 0 bridgehead atoms. The topological polar surface area (TPSA) is 63.4 Å². The van der Waals surface area contributed by atoms with Gasteiger partial charge in [0.1, 0.15) is 0 Å². The summed E-state index contributed by atoms with van der Waals surface area (Å²) in [7, 11) is 0. The summed E-state index contributed by atoms with van der Waals surface area (Å²) in [5, 5.41) is 14.7. The van der Waals surface area contributed by atoms with Gasteiger partial charge in [-0.1, -0.05) is 24.3 Å². The summed E-state index contributed by atoms with van der Waals surface area (Å²) in [6.07, 6.45) is 0.231. The molecule has 0 N–H and O–H groups in total. The molecule has 0 unspecified atom stereocenters. The zero-order chi connectivity index (χ0) is 17.6. The zero-order valence-electron chi connectivity index (χ0n) is 13.3. The zero-order valence-corrected chi connectivity index (χ0v) is 15.0. The molecule has 0 aliphatic rings. The van der Waals surface area contributed by atoms with Gasteiger partial charge in [0, 0.05) is 21.9 Å². The van der Waals surface area contributed by atoms with Crippen LogP contribution in [-0.2, 0) is 24.3 Å². The van der Waals surface area contributed by atoms with Gasteiger partial charge >= 0.3 is 0 Å². The molecule has 0 saturated heterocycles. The fraction of sp³-hybridized carbons (Fsp3) is 0.167. The van der Waals surface area contributed by atoms with Crippen molar-refractivity contribution in [3.05, 3.63) is 84.7 Å². The number of nitro groups is 1. The van der Waals surface area contributed by atoms with Crippen molar-refractivity contribution in [2.75, 3.05) is 0 Å². The highest BCUT2D eigenvalue weighted by Crippen LogP contribution is 2.19. The third-order valence-corrected chi connectivity index (χ3v) is 5.43. The Hall–Kier alpha value is -2.51. The molecule has 0 spiro atoms. The minimum atomic E-state index is -0.439. The predicted octanol–water partition coefficient (Wildman–Crippen LogP) is 4.49. The Balaban J connectivity index is 1.72. The lowest BCUT2D eigenvalue weighted by atomic mass is 10.1. The van der Waals surface area contributed by atoms with Gasteiger partial charge in [0.25, 0.3) is 5.69 Å². The van der Waals surface area contributed by atoms with Crippen LogP contribution < -0.4 is 0 Å². The van der Waals surface area contributed by atoms with Gasteiger partial charge in [0.05, 0.1) is 24.4 Å². The molecule has 3 rings (SSSR count). The molecule has 5 nitrogen and oxygen atoms in total. The van der Waals surface area contributed by atoms with Crippen LogP contribution in [0.1, 0.15) is 15.3 Å². The number of amides is 1. The van der Waals surface area contributed by atoms with Gasteiger partial charge in [0.2, 0.25) is 5.91 Å². The van der Waals surface area contributed by atoms with Crippen LogP contribution in [-0.4, -0.2) is 15.7 Å². The highest BCUT2D eigenvalue weighted by Gasteiger charge is 2.17. The minimum absolute atomic E-state index is 0.00986. The van der Waals surface area contributed by atoms with Crippen molar-refractivity contribution in [2.24, 2.45) is 0 Å². The highest BCUT2D eigenvalue weighted by atomic mass is 32.1. The lowest BCUT2D eigenvalue weighted by Crippen LogP contribution is -2.30. The molecule has 0 aliphatic carbocycles. The number of non-ortho nitro benzene ring substituents is 1. The van der Waals surface area contributed by atoms with E-state index in [4.69, 9.17) is 0 Å². The van der Waals surface area contributed by atoms with E-state index < -0.39 is 4.92 Å². The molecule has 1 amide bonds. The molecule has 0 radical (unpaired) electrons. The Morgan fingerprint density at radius 3 is 1.96 bits per heavy atom. The quantitative estimate of drug-likeness (QED) is 0.453. The van der Waals surface area contributed by atoms with Crippen LogP contribution in [0.15, 0.2) is 59.3 Å². The summed E-state index contributed by atoms with van der Waals surface area (Å²) in [5.41, 5.74) is 0.809.